The van der Waals surface area contributed by atoms with Gasteiger partial charge in [0.25, 0.3) is 6.71 Å². The van der Waals surface area contributed by atoms with Gasteiger partial charge in [-0.05, 0) is 211 Å². The molecular weight excluding hydrogens is 816 g/mol. The second kappa shape index (κ2) is 13.7. The Morgan fingerprint density at radius 1 is 0.470 bits per heavy atom. The SMILES string of the molecule is Cc1cc2c3c(c1)N(c1ccc4c(c1)C(C)(C)CCC4(C)C)c1sc4cc5c(cc4c1B3c1ccc(C(C)(C)C)cc1N2c1cc2c(cc1C)C(C)(C)CCC2(C)C)C(C)(C)CCC5(C)C. The Bertz CT molecular complexity index is 3070. The zero-order valence-corrected chi connectivity index (χ0v) is 44.4. The smallest absolute Gasteiger partial charge is 0.254 e. The highest BCUT2D eigenvalue weighted by molar-refractivity contribution is 7.26. The minimum atomic E-state index is -0.00844. The van der Waals surface area contributed by atoms with Gasteiger partial charge in [-0.1, -0.05) is 128 Å². The molecule has 66 heavy (non-hydrogen) atoms. The molecule has 0 amide bonds. The molecule has 0 fully saturated rings. The van der Waals surface area contributed by atoms with E-state index in [1.54, 1.807) is 11.1 Å². The highest BCUT2D eigenvalue weighted by Gasteiger charge is 2.48. The number of nitrogens with zero attached hydrogens (tertiary/aromatic N) is 2. The first kappa shape index (κ1) is 44.2. The second-order valence-corrected chi connectivity index (χ2v) is 27.8. The van der Waals surface area contributed by atoms with Crippen molar-refractivity contribution in [3.05, 3.63) is 123 Å². The minimum absolute atomic E-state index is 0.00844. The first-order valence-corrected chi connectivity index (χ1v) is 26.2. The summed E-state index contributed by atoms with van der Waals surface area (Å²) in [4.78, 5) is 5.46. The van der Waals surface area contributed by atoms with Crippen LogP contribution in [0.3, 0.4) is 0 Å². The van der Waals surface area contributed by atoms with Gasteiger partial charge in [0.05, 0.1) is 5.00 Å². The average molecular weight is 891 g/mol. The van der Waals surface area contributed by atoms with Crippen molar-refractivity contribution in [2.24, 2.45) is 0 Å². The molecule has 3 heterocycles. The van der Waals surface area contributed by atoms with E-state index < -0.39 is 0 Å². The van der Waals surface area contributed by atoms with E-state index in [2.05, 4.69) is 200 Å². The molecule has 0 atom stereocenters. The van der Waals surface area contributed by atoms with Crippen LogP contribution in [0.4, 0.5) is 33.4 Å². The molecule has 0 unspecified atom stereocenters. The highest BCUT2D eigenvalue weighted by atomic mass is 32.1. The Balaban J connectivity index is 1.27. The number of hydrogen-bond donors (Lipinski definition) is 0. The van der Waals surface area contributed by atoms with Crippen molar-refractivity contribution in [3.8, 4) is 0 Å². The molecular formula is C62H75BN2S. The number of aryl methyl sites for hydroxylation is 2. The fraction of sp³-hybridized carbons (Fsp3) is 0.484. The number of anilines is 6. The van der Waals surface area contributed by atoms with Gasteiger partial charge in [-0.15, -0.1) is 11.3 Å². The van der Waals surface area contributed by atoms with Crippen LogP contribution in [0, 0.1) is 13.8 Å². The maximum Gasteiger partial charge on any atom is 0.254 e. The molecule has 11 rings (SSSR count). The van der Waals surface area contributed by atoms with Crippen LogP contribution in [0.1, 0.15) is 192 Å². The third-order valence-electron chi connectivity index (χ3n) is 18.2. The number of hydrogen-bond acceptors (Lipinski definition) is 3. The molecule has 4 heteroatoms. The molecule has 0 saturated carbocycles. The standard InChI is InChI=1S/C62H75BN2S/c1-36-28-50-54-51(29-36)65(48-34-45-42(30-37(48)2)58(8,9)24-26-61(45,14)15)49-31-38(56(3,4)5)18-21-47(49)63(54)53-40-33-44-46(62(16,17)27-25-60(44,12)13)35-52(40)66-55(53)64(50)39-19-20-41-43(32-39)59(10,11)23-22-57(41,6)7/h18-21,28-35H,22-27H2,1-17H3. The van der Waals surface area contributed by atoms with Crippen LogP contribution in [-0.2, 0) is 37.9 Å². The Labute approximate surface area is 402 Å². The molecule has 0 N–H and O–H groups in total. The van der Waals surface area contributed by atoms with Gasteiger partial charge in [-0.3, -0.25) is 0 Å². The summed E-state index contributed by atoms with van der Waals surface area (Å²) in [5.74, 6) is 0. The number of fused-ring (bicyclic) bond motifs is 9. The molecule has 2 aliphatic heterocycles. The molecule has 0 radical (unpaired) electrons. The van der Waals surface area contributed by atoms with Crippen LogP contribution in [0.25, 0.3) is 10.1 Å². The first-order chi connectivity index (χ1) is 30.6. The average Bonchev–Trinajstić information content (AvgIpc) is 3.60. The summed E-state index contributed by atoms with van der Waals surface area (Å²) in [5.41, 5.74) is 24.8. The quantitative estimate of drug-likeness (QED) is 0.160. The molecule has 5 aliphatic rings. The summed E-state index contributed by atoms with van der Waals surface area (Å²) >= 11 is 2.04. The summed E-state index contributed by atoms with van der Waals surface area (Å²) < 4.78 is 1.42. The molecule has 6 aromatic rings. The second-order valence-electron chi connectivity index (χ2n) is 26.8. The van der Waals surface area contributed by atoms with Gasteiger partial charge >= 0.3 is 0 Å². The number of thiophene rings is 1. The van der Waals surface area contributed by atoms with Gasteiger partial charge in [0.1, 0.15) is 0 Å². The van der Waals surface area contributed by atoms with Crippen LogP contribution in [0.2, 0.25) is 0 Å². The van der Waals surface area contributed by atoms with E-state index >= 15 is 0 Å². The van der Waals surface area contributed by atoms with Crippen molar-refractivity contribution in [1.29, 1.82) is 0 Å². The Hall–Kier alpha value is -4.28. The van der Waals surface area contributed by atoms with Crippen LogP contribution in [-0.4, -0.2) is 6.71 Å². The van der Waals surface area contributed by atoms with E-state index in [1.807, 2.05) is 11.3 Å². The summed E-state index contributed by atoms with van der Waals surface area (Å²) in [6.45, 7) is 41.7. The minimum Gasteiger partial charge on any atom is -0.311 e. The van der Waals surface area contributed by atoms with Crippen molar-refractivity contribution in [2.45, 2.75) is 194 Å². The third kappa shape index (κ3) is 6.31. The van der Waals surface area contributed by atoms with Crippen molar-refractivity contribution in [1.82, 2.24) is 0 Å². The summed E-state index contributed by atoms with van der Waals surface area (Å²) in [6.07, 6.45) is 7.23. The normalized spacial score (nSPS) is 21.1. The molecule has 0 spiro atoms. The molecule has 3 aliphatic carbocycles. The Morgan fingerprint density at radius 2 is 0.970 bits per heavy atom. The molecule has 0 saturated heterocycles. The molecule has 1 aromatic heterocycles. The number of rotatable bonds is 2. The fourth-order valence-electron chi connectivity index (χ4n) is 13.4. The third-order valence-corrected chi connectivity index (χ3v) is 19.3. The summed E-state index contributed by atoms with van der Waals surface area (Å²) in [7, 11) is 0. The van der Waals surface area contributed by atoms with Crippen LogP contribution in [0.5, 0.6) is 0 Å². The lowest BCUT2D eigenvalue weighted by molar-refractivity contribution is 0.332. The highest BCUT2D eigenvalue weighted by Crippen LogP contribution is 2.55. The lowest BCUT2D eigenvalue weighted by Crippen LogP contribution is -2.61. The van der Waals surface area contributed by atoms with Crippen molar-refractivity contribution in [2.75, 3.05) is 9.80 Å². The Morgan fingerprint density at radius 3 is 1.55 bits per heavy atom. The van der Waals surface area contributed by atoms with Crippen LogP contribution < -0.4 is 26.2 Å². The molecule has 5 aromatic carbocycles. The monoisotopic (exact) mass is 891 g/mol. The first-order valence-electron chi connectivity index (χ1n) is 25.4. The van der Waals surface area contributed by atoms with Gasteiger partial charge in [0, 0.05) is 33.1 Å². The van der Waals surface area contributed by atoms with E-state index in [1.165, 1.54) is 137 Å². The maximum absolute atomic E-state index is 2.73. The van der Waals surface area contributed by atoms with Gasteiger partial charge in [0.2, 0.25) is 0 Å². The van der Waals surface area contributed by atoms with E-state index in [9.17, 15) is 0 Å². The number of benzene rings is 5. The van der Waals surface area contributed by atoms with Crippen LogP contribution in [0.15, 0.2) is 72.8 Å². The zero-order valence-electron chi connectivity index (χ0n) is 43.6. The van der Waals surface area contributed by atoms with Gasteiger partial charge in [-0.25, -0.2) is 0 Å². The molecule has 342 valence electrons. The maximum atomic E-state index is 2.73. The van der Waals surface area contributed by atoms with E-state index in [4.69, 9.17) is 0 Å². The Kier molecular flexibility index (Phi) is 9.19. The molecule has 2 nitrogen and oxygen atoms in total. The predicted molar refractivity (Wildman–Crippen MR) is 290 cm³/mol. The largest absolute Gasteiger partial charge is 0.311 e. The topological polar surface area (TPSA) is 6.48 Å². The van der Waals surface area contributed by atoms with Crippen LogP contribution >= 0.6 is 11.3 Å². The van der Waals surface area contributed by atoms with Crippen molar-refractivity contribution in [3.63, 3.8) is 0 Å². The lowest BCUT2D eigenvalue weighted by Gasteiger charge is -2.46. The van der Waals surface area contributed by atoms with E-state index in [-0.39, 0.29) is 44.6 Å². The molecule has 0 bridgehead atoms. The van der Waals surface area contributed by atoms with E-state index in [0.29, 0.717) is 0 Å². The van der Waals surface area contributed by atoms with Crippen molar-refractivity contribution < 1.29 is 0 Å². The zero-order chi connectivity index (χ0) is 47.2. The van der Waals surface area contributed by atoms with Gasteiger partial charge in [-0.2, -0.15) is 0 Å². The van der Waals surface area contributed by atoms with Gasteiger partial charge in [0.15, 0.2) is 0 Å². The summed E-state index contributed by atoms with van der Waals surface area (Å²) in [5, 5.41) is 2.83. The summed E-state index contributed by atoms with van der Waals surface area (Å²) in [6, 6.07) is 30.8. The fourth-order valence-corrected chi connectivity index (χ4v) is 14.7. The van der Waals surface area contributed by atoms with E-state index in [0.717, 1.165) is 0 Å². The lowest BCUT2D eigenvalue weighted by atomic mass is 9.33. The van der Waals surface area contributed by atoms with Gasteiger partial charge < -0.3 is 9.80 Å². The predicted octanol–water partition coefficient (Wildman–Crippen LogP) is 15.9. The van der Waals surface area contributed by atoms with Crippen molar-refractivity contribution >= 4 is 78.0 Å².